The Balaban J connectivity index is 1.76. The molecule has 1 aromatic carbocycles. The van der Waals surface area contributed by atoms with Crippen LogP contribution in [0.5, 0.6) is 0 Å². The van der Waals surface area contributed by atoms with Gasteiger partial charge in [0.15, 0.2) is 0 Å². The van der Waals surface area contributed by atoms with Gasteiger partial charge in [-0.25, -0.2) is 0 Å². The second-order valence-corrected chi connectivity index (χ2v) is 6.73. The van der Waals surface area contributed by atoms with Crippen LogP contribution in [0.4, 0.5) is 0 Å². The summed E-state index contributed by atoms with van der Waals surface area (Å²) < 4.78 is 5.74. The molecular weight excluding hydrogens is 288 g/mol. The number of methoxy groups -OCH3 is 1. The van der Waals surface area contributed by atoms with Gasteiger partial charge in [-0.05, 0) is 50.8 Å². The number of likely N-dealkylation sites (tertiary alicyclic amines) is 1. The fraction of sp³-hybridized carbons (Fsp3) is 0.632. The largest absolute Gasteiger partial charge is 0.379 e. The first-order chi connectivity index (χ1) is 11.3. The molecule has 2 fully saturated rings. The summed E-state index contributed by atoms with van der Waals surface area (Å²) in [5.74, 6) is 0.527. The normalized spacial score (nSPS) is 26.2. The molecule has 1 aromatic rings. The van der Waals surface area contributed by atoms with Crippen molar-refractivity contribution in [3.8, 4) is 0 Å². The van der Waals surface area contributed by atoms with Gasteiger partial charge >= 0.3 is 0 Å². The number of hydrogen-bond donors (Lipinski definition) is 1. The van der Waals surface area contributed by atoms with Gasteiger partial charge < -0.3 is 15.0 Å². The zero-order chi connectivity index (χ0) is 16.1. The highest BCUT2D eigenvalue weighted by Gasteiger charge is 2.37. The number of carbonyl (C=O) groups excluding carboxylic acids is 1. The third-order valence-electron chi connectivity index (χ3n) is 5.28. The molecule has 1 amide bonds. The van der Waals surface area contributed by atoms with Gasteiger partial charge in [0.1, 0.15) is 0 Å². The number of amides is 1. The van der Waals surface area contributed by atoms with Crippen molar-refractivity contribution < 1.29 is 9.53 Å². The lowest BCUT2D eigenvalue weighted by Gasteiger charge is -2.42. The fourth-order valence-corrected chi connectivity index (χ4v) is 3.97. The summed E-state index contributed by atoms with van der Waals surface area (Å²) in [4.78, 5) is 15.2. The minimum atomic E-state index is 0.148. The Hall–Kier alpha value is -1.39. The third kappa shape index (κ3) is 3.93. The first-order valence-electron chi connectivity index (χ1n) is 8.87. The average molecular weight is 316 g/mol. The molecule has 4 nitrogen and oxygen atoms in total. The lowest BCUT2D eigenvalue weighted by atomic mass is 9.89. The Morgan fingerprint density at radius 3 is 2.65 bits per heavy atom. The standard InChI is InChI=1S/C19H28N2O2/c1-23-18-8-5-13-21(19(22)16-9-11-20-12-10-16)17(18)14-15-6-3-2-4-7-15/h2-4,6-7,16-18,20H,5,8-14H2,1H3/t17-,18-/m0/s1. The highest BCUT2D eigenvalue weighted by molar-refractivity contribution is 5.79. The number of nitrogens with zero attached hydrogens (tertiary/aromatic N) is 1. The molecule has 0 unspecified atom stereocenters. The highest BCUT2D eigenvalue weighted by atomic mass is 16.5. The topological polar surface area (TPSA) is 41.6 Å². The Bertz CT molecular complexity index is 499. The molecular formula is C19H28N2O2. The number of nitrogens with one attached hydrogen (secondary N) is 1. The van der Waals surface area contributed by atoms with Crippen molar-refractivity contribution in [3.05, 3.63) is 35.9 Å². The molecule has 0 spiro atoms. The van der Waals surface area contributed by atoms with E-state index in [-0.39, 0.29) is 18.1 Å². The van der Waals surface area contributed by atoms with Gasteiger partial charge in [0.2, 0.25) is 5.91 Å². The average Bonchev–Trinajstić information content (AvgIpc) is 2.63. The summed E-state index contributed by atoms with van der Waals surface area (Å²) in [6, 6.07) is 10.6. The van der Waals surface area contributed by atoms with Gasteiger partial charge in [-0.15, -0.1) is 0 Å². The number of ether oxygens (including phenoxy) is 1. The maximum Gasteiger partial charge on any atom is 0.226 e. The minimum Gasteiger partial charge on any atom is -0.379 e. The van der Waals surface area contributed by atoms with E-state index < -0.39 is 0 Å². The van der Waals surface area contributed by atoms with Crippen LogP contribution >= 0.6 is 0 Å². The van der Waals surface area contributed by atoms with Crippen molar-refractivity contribution in [2.75, 3.05) is 26.7 Å². The van der Waals surface area contributed by atoms with Crippen LogP contribution in [0.15, 0.2) is 30.3 Å². The maximum absolute atomic E-state index is 13.1. The lowest BCUT2D eigenvalue weighted by molar-refractivity contribution is -0.145. The van der Waals surface area contributed by atoms with Gasteiger partial charge in [-0.2, -0.15) is 0 Å². The maximum atomic E-state index is 13.1. The molecule has 0 aliphatic carbocycles. The molecule has 126 valence electrons. The zero-order valence-electron chi connectivity index (χ0n) is 14.0. The summed E-state index contributed by atoms with van der Waals surface area (Å²) >= 11 is 0. The van der Waals surface area contributed by atoms with Crippen molar-refractivity contribution in [2.45, 2.75) is 44.2 Å². The number of carbonyl (C=O) groups is 1. The van der Waals surface area contributed by atoms with E-state index in [1.165, 1.54) is 5.56 Å². The molecule has 2 atom stereocenters. The summed E-state index contributed by atoms with van der Waals surface area (Å²) in [6.45, 7) is 2.79. The van der Waals surface area contributed by atoms with Crippen molar-refractivity contribution in [1.82, 2.24) is 10.2 Å². The Labute approximate surface area is 139 Å². The van der Waals surface area contributed by atoms with Crippen molar-refractivity contribution in [3.63, 3.8) is 0 Å². The molecule has 2 saturated heterocycles. The predicted molar refractivity (Wildman–Crippen MR) is 91.3 cm³/mol. The Kier molecular flexibility index (Phi) is 5.68. The van der Waals surface area contributed by atoms with E-state index >= 15 is 0 Å². The van der Waals surface area contributed by atoms with Crippen LogP contribution in [-0.4, -0.2) is 49.7 Å². The summed E-state index contributed by atoms with van der Waals surface area (Å²) in [7, 11) is 1.78. The van der Waals surface area contributed by atoms with E-state index in [2.05, 4.69) is 34.5 Å². The highest BCUT2D eigenvalue weighted by Crippen LogP contribution is 2.27. The van der Waals surface area contributed by atoms with Crippen molar-refractivity contribution >= 4 is 5.91 Å². The van der Waals surface area contributed by atoms with Crippen LogP contribution in [0.1, 0.15) is 31.2 Å². The molecule has 2 heterocycles. The van der Waals surface area contributed by atoms with Gasteiger partial charge in [0.25, 0.3) is 0 Å². The molecule has 3 rings (SSSR count). The molecule has 4 heteroatoms. The van der Waals surface area contributed by atoms with Gasteiger partial charge in [0.05, 0.1) is 12.1 Å². The smallest absolute Gasteiger partial charge is 0.226 e. The van der Waals surface area contributed by atoms with E-state index in [1.807, 2.05) is 6.07 Å². The van der Waals surface area contributed by atoms with Crippen molar-refractivity contribution in [1.29, 1.82) is 0 Å². The summed E-state index contributed by atoms with van der Waals surface area (Å²) in [5.41, 5.74) is 1.28. The van der Waals surface area contributed by atoms with E-state index in [1.54, 1.807) is 7.11 Å². The first kappa shape index (κ1) is 16.5. The van der Waals surface area contributed by atoms with Crippen molar-refractivity contribution in [2.24, 2.45) is 5.92 Å². The fourth-order valence-electron chi connectivity index (χ4n) is 3.97. The molecule has 0 aromatic heterocycles. The third-order valence-corrected chi connectivity index (χ3v) is 5.28. The first-order valence-corrected chi connectivity index (χ1v) is 8.87. The van der Waals surface area contributed by atoms with Gasteiger partial charge in [-0.3, -0.25) is 4.79 Å². The molecule has 2 aliphatic rings. The summed E-state index contributed by atoms with van der Waals surface area (Å²) in [6.07, 6.45) is 5.05. The van der Waals surface area contributed by atoms with Crippen LogP contribution in [0, 0.1) is 5.92 Å². The number of piperidine rings is 2. The molecule has 0 radical (unpaired) electrons. The van der Waals surface area contributed by atoms with Gasteiger partial charge in [-0.1, -0.05) is 30.3 Å². The Morgan fingerprint density at radius 1 is 1.22 bits per heavy atom. The van der Waals surface area contributed by atoms with Crippen LogP contribution in [0.3, 0.4) is 0 Å². The van der Waals surface area contributed by atoms with E-state index in [4.69, 9.17) is 4.74 Å². The number of benzene rings is 1. The van der Waals surface area contributed by atoms with Crippen LogP contribution in [-0.2, 0) is 16.0 Å². The molecule has 1 N–H and O–H groups in total. The van der Waals surface area contributed by atoms with E-state index in [0.717, 1.165) is 51.7 Å². The predicted octanol–water partition coefficient (Wildman–Crippen LogP) is 2.23. The van der Waals surface area contributed by atoms with Crippen LogP contribution < -0.4 is 5.32 Å². The van der Waals surface area contributed by atoms with Crippen LogP contribution in [0.25, 0.3) is 0 Å². The second kappa shape index (κ2) is 7.93. The number of rotatable bonds is 4. The second-order valence-electron chi connectivity index (χ2n) is 6.73. The minimum absolute atomic E-state index is 0.148. The van der Waals surface area contributed by atoms with E-state index in [9.17, 15) is 4.79 Å². The van der Waals surface area contributed by atoms with E-state index in [0.29, 0.717) is 5.91 Å². The lowest BCUT2D eigenvalue weighted by Crippen LogP contribution is -2.55. The monoisotopic (exact) mass is 316 g/mol. The zero-order valence-corrected chi connectivity index (χ0v) is 14.0. The van der Waals surface area contributed by atoms with Gasteiger partial charge in [0, 0.05) is 19.6 Å². The molecule has 23 heavy (non-hydrogen) atoms. The molecule has 0 saturated carbocycles. The summed E-state index contributed by atoms with van der Waals surface area (Å²) in [5, 5.41) is 3.35. The Morgan fingerprint density at radius 2 is 1.96 bits per heavy atom. The van der Waals surface area contributed by atoms with Crippen LogP contribution in [0.2, 0.25) is 0 Å². The molecule has 0 bridgehead atoms. The molecule has 2 aliphatic heterocycles. The number of hydrogen-bond acceptors (Lipinski definition) is 3. The SMILES string of the molecule is CO[C@H]1CCCN(C(=O)C2CCNCC2)[C@H]1Cc1ccccc1. The quantitative estimate of drug-likeness (QED) is 0.926.